The molecule has 0 saturated heterocycles. The van der Waals surface area contributed by atoms with E-state index in [2.05, 4.69) is 25.3 Å². The van der Waals surface area contributed by atoms with Gasteiger partial charge in [-0.2, -0.15) is 4.98 Å². The van der Waals surface area contributed by atoms with E-state index in [1.54, 1.807) is 35.2 Å². The van der Waals surface area contributed by atoms with Crippen LogP contribution >= 0.6 is 0 Å². The normalized spacial score (nSPS) is 15.4. The third-order valence-electron chi connectivity index (χ3n) is 4.86. The molecule has 30 heavy (non-hydrogen) atoms. The first-order chi connectivity index (χ1) is 14.6. The number of imidazole rings is 1. The summed E-state index contributed by atoms with van der Waals surface area (Å²) in [5.74, 6) is -0.109. The number of fused-ring (bicyclic) bond motifs is 2. The maximum atomic E-state index is 14.1. The molecule has 0 bridgehead atoms. The summed E-state index contributed by atoms with van der Waals surface area (Å²) in [6.07, 6.45) is 6.38. The van der Waals surface area contributed by atoms with Crippen molar-refractivity contribution in [2.24, 2.45) is 0 Å². The summed E-state index contributed by atoms with van der Waals surface area (Å²) in [5, 5.41) is 14.6. The molecular formula is C19H14FN7O3. The quantitative estimate of drug-likeness (QED) is 0.404. The number of rotatable bonds is 4. The number of halogens is 1. The highest BCUT2D eigenvalue weighted by atomic mass is 19.1. The number of hydrogen-bond donors (Lipinski definition) is 1. The number of benzene rings is 1. The Labute approximate surface area is 168 Å². The largest absolute Gasteiger partial charge is 0.490 e. The Hall–Kier alpha value is -4.15. The molecule has 0 spiro atoms. The fourth-order valence-electron chi connectivity index (χ4n) is 3.44. The zero-order chi connectivity index (χ0) is 20.7. The molecule has 0 aliphatic carbocycles. The summed E-state index contributed by atoms with van der Waals surface area (Å²) in [7, 11) is 0. The second-order valence-electron chi connectivity index (χ2n) is 6.63. The molecule has 1 aliphatic heterocycles. The summed E-state index contributed by atoms with van der Waals surface area (Å²) < 4.78 is 21.1. The summed E-state index contributed by atoms with van der Waals surface area (Å²) in [6, 6.07) is 5.93. The number of nitrogens with zero attached hydrogens (tertiary/aromatic N) is 6. The van der Waals surface area contributed by atoms with Crippen molar-refractivity contribution in [2.45, 2.75) is 12.5 Å². The number of anilines is 1. The molecule has 1 aliphatic rings. The molecule has 3 aromatic heterocycles. The number of nitro groups is 1. The predicted molar refractivity (Wildman–Crippen MR) is 104 cm³/mol. The molecule has 1 N–H and O–H groups in total. The van der Waals surface area contributed by atoms with Crippen LogP contribution in [-0.4, -0.2) is 36.0 Å². The number of aromatic nitrogens is 5. The molecule has 0 fully saturated rings. The van der Waals surface area contributed by atoms with Gasteiger partial charge in [-0.1, -0.05) is 12.1 Å². The van der Waals surface area contributed by atoms with Crippen LogP contribution in [0.25, 0.3) is 17.0 Å². The van der Waals surface area contributed by atoms with E-state index in [1.807, 2.05) is 0 Å². The van der Waals surface area contributed by atoms with Crippen LogP contribution in [0.15, 0.2) is 49.2 Å². The lowest BCUT2D eigenvalue weighted by Gasteiger charge is -2.27. The van der Waals surface area contributed by atoms with E-state index in [9.17, 15) is 14.5 Å². The van der Waals surface area contributed by atoms with Gasteiger partial charge < -0.3 is 10.1 Å². The van der Waals surface area contributed by atoms with Crippen molar-refractivity contribution in [1.29, 1.82) is 0 Å². The Morgan fingerprint density at radius 2 is 2.17 bits per heavy atom. The van der Waals surface area contributed by atoms with Gasteiger partial charge in [0.1, 0.15) is 12.5 Å². The molecule has 1 aromatic carbocycles. The van der Waals surface area contributed by atoms with Crippen LogP contribution in [0, 0.1) is 15.9 Å². The van der Waals surface area contributed by atoms with E-state index in [-0.39, 0.29) is 29.8 Å². The zero-order valence-corrected chi connectivity index (χ0v) is 15.4. The maximum Gasteiger partial charge on any atom is 0.329 e. The SMILES string of the molecule is O=[N+]([O-])c1cnc(-n2cnc3ccncc32)nc1NC1CCOc2c(F)cccc21. The Morgan fingerprint density at radius 3 is 3.03 bits per heavy atom. The number of para-hydroxylation sites is 1. The van der Waals surface area contributed by atoms with Gasteiger partial charge >= 0.3 is 5.69 Å². The van der Waals surface area contributed by atoms with Crippen molar-refractivity contribution in [1.82, 2.24) is 24.5 Å². The first-order valence-electron chi connectivity index (χ1n) is 9.08. The fourth-order valence-corrected chi connectivity index (χ4v) is 3.44. The van der Waals surface area contributed by atoms with Crippen LogP contribution in [-0.2, 0) is 0 Å². The van der Waals surface area contributed by atoms with E-state index < -0.39 is 16.8 Å². The molecule has 1 atom stereocenters. The molecule has 0 saturated carbocycles. The average Bonchev–Trinajstić information content (AvgIpc) is 3.18. The van der Waals surface area contributed by atoms with Crippen molar-refractivity contribution in [3.05, 3.63) is 70.7 Å². The van der Waals surface area contributed by atoms with E-state index in [1.165, 1.54) is 12.4 Å². The molecule has 0 amide bonds. The lowest BCUT2D eigenvalue weighted by molar-refractivity contribution is -0.384. The van der Waals surface area contributed by atoms with E-state index in [4.69, 9.17) is 4.74 Å². The molecule has 4 aromatic rings. The van der Waals surface area contributed by atoms with E-state index in [0.717, 1.165) is 6.20 Å². The van der Waals surface area contributed by atoms with Gasteiger partial charge in [0.25, 0.3) is 0 Å². The van der Waals surface area contributed by atoms with Gasteiger partial charge in [-0.05, 0) is 12.1 Å². The topological polar surface area (TPSA) is 121 Å². The standard InChI is InChI=1S/C19H14FN7O3/c20-12-3-1-2-11-13(5-7-30-17(11)12)24-18-16(27(28)29)9-22-19(25-18)26-10-23-14-4-6-21-8-15(14)26/h1-4,6,8-10,13H,5,7H2,(H,22,24,25). The van der Waals surface area contributed by atoms with Crippen molar-refractivity contribution < 1.29 is 14.1 Å². The Morgan fingerprint density at radius 1 is 1.27 bits per heavy atom. The highest BCUT2D eigenvalue weighted by molar-refractivity contribution is 5.75. The minimum Gasteiger partial charge on any atom is -0.490 e. The third-order valence-corrected chi connectivity index (χ3v) is 4.86. The van der Waals surface area contributed by atoms with Gasteiger partial charge in [0, 0.05) is 18.2 Å². The molecule has 10 nitrogen and oxygen atoms in total. The fraction of sp³-hybridized carbons (Fsp3) is 0.158. The lowest BCUT2D eigenvalue weighted by atomic mass is 10.0. The van der Waals surface area contributed by atoms with Gasteiger partial charge in [-0.3, -0.25) is 19.7 Å². The zero-order valence-electron chi connectivity index (χ0n) is 15.4. The average molecular weight is 407 g/mol. The Balaban J connectivity index is 1.58. The first-order valence-corrected chi connectivity index (χ1v) is 9.08. The summed E-state index contributed by atoms with van der Waals surface area (Å²) in [4.78, 5) is 27.8. The number of ether oxygens (including phenoxy) is 1. The monoisotopic (exact) mass is 407 g/mol. The van der Waals surface area contributed by atoms with E-state index in [0.29, 0.717) is 23.0 Å². The third kappa shape index (κ3) is 2.96. The van der Waals surface area contributed by atoms with Gasteiger partial charge in [-0.25, -0.2) is 14.4 Å². The van der Waals surface area contributed by atoms with Gasteiger partial charge in [0.15, 0.2) is 11.6 Å². The second-order valence-corrected chi connectivity index (χ2v) is 6.63. The molecule has 1 unspecified atom stereocenters. The lowest BCUT2D eigenvalue weighted by Crippen LogP contribution is -2.22. The van der Waals surface area contributed by atoms with Gasteiger partial charge in [0.2, 0.25) is 11.8 Å². The predicted octanol–water partition coefficient (Wildman–Crippen LogP) is 3.19. The van der Waals surface area contributed by atoms with Gasteiger partial charge in [0.05, 0.1) is 34.8 Å². The summed E-state index contributed by atoms with van der Waals surface area (Å²) >= 11 is 0. The van der Waals surface area contributed by atoms with Crippen LogP contribution in [0.3, 0.4) is 0 Å². The minimum absolute atomic E-state index is 0.0258. The summed E-state index contributed by atoms with van der Waals surface area (Å²) in [5.41, 5.74) is 1.64. The van der Waals surface area contributed by atoms with Crippen molar-refractivity contribution in [3.63, 3.8) is 0 Å². The van der Waals surface area contributed by atoms with Gasteiger partial charge in [-0.15, -0.1) is 0 Å². The molecular weight excluding hydrogens is 393 g/mol. The van der Waals surface area contributed by atoms with Crippen LogP contribution in [0.1, 0.15) is 18.0 Å². The minimum atomic E-state index is -0.564. The molecule has 11 heteroatoms. The van der Waals surface area contributed by atoms with Crippen molar-refractivity contribution in [3.8, 4) is 11.7 Å². The Kier molecular flexibility index (Phi) is 4.20. The van der Waals surface area contributed by atoms with E-state index >= 15 is 0 Å². The molecule has 4 heterocycles. The second kappa shape index (κ2) is 7.03. The maximum absolute atomic E-state index is 14.1. The molecule has 0 radical (unpaired) electrons. The highest BCUT2D eigenvalue weighted by Gasteiger charge is 2.27. The van der Waals surface area contributed by atoms with Crippen LogP contribution in [0.4, 0.5) is 15.9 Å². The number of nitrogens with one attached hydrogen (secondary N) is 1. The molecule has 150 valence electrons. The number of pyridine rings is 1. The Bertz CT molecular complexity index is 1280. The molecule has 5 rings (SSSR count). The van der Waals surface area contributed by atoms with Crippen LogP contribution < -0.4 is 10.1 Å². The smallest absolute Gasteiger partial charge is 0.329 e. The summed E-state index contributed by atoms with van der Waals surface area (Å²) in [6.45, 7) is 0.273. The van der Waals surface area contributed by atoms with Crippen molar-refractivity contribution in [2.75, 3.05) is 11.9 Å². The van der Waals surface area contributed by atoms with Crippen molar-refractivity contribution >= 4 is 22.5 Å². The number of hydrogen-bond acceptors (Lipinski definition) is 8. The van der Waals surface area contributed by atoms with Crippen LogP contribution in [0.5, 0.6) is 5.75 Å². The highest BCUT2D eigenvalue weighted by Crippen LogP contribution is 2.37. The van der Waals surface area contributed by atoms with Crippen LogP contribution in [0.2, 0.25) is 0 Å². The first kappa shape index (κ1) is 17.9.